The fourth-order valence-corrected chi connectivity index (χ4v) is 10.8. The number of imide groups is 2. The van der Waals surface area contributed by atoms with Crippen LogP contribution in [-0.4, -0.2) is 133 Å². The van der Waals surface area contributed by atoms with Crippen molar-refractivity contribution in [3.63, 3.8) is 0 Å². The third-order valence-electron chi connectivity index (χ3n) is 13.1. The van der Waals surface area contributed by atoms with Crippen LogP contribution in [0, 0.1) is 0 Å². The van der Waals surface area contributed by atoms with E-state index < -0.39 is 44.8 Å². The minimum Gasteiger partial charge on any atom is -0.496 e. The minimum absolute atomic E-state index is 0.0515. The number of anilines is 2. The second-order valence-corrected chi connectivity index (χ2v) is 20.4. The Kier molecular flexibility index (Phi) is 14.1. The molecule has 5 amide bonds. The van der Waals surface area contributed by atoms with E-state index in [1.165, 1.54) is 0 Å². The van der Waals surface area contributed by atoms with Crippen LogP contribution in [0.15, 0.2) is 71.8 Å². The van der Waals surface area contributed by atoms with Gasteiger partial charge in [0.1, 0.15) is 17.6 Å². The summed E-state index contributed by atoms with van der Waals surface area (Å²) in [5.41, 5.74) is 4.07. The number of carbonyl (C=O) groups excluding carboxylic acids is 5. The number of nitrogens with one attached hydrogen (secondary N) is 2. The predicted molar refractivity (Wildman–Crippen MR) is 249 cm³/mol. The molecule has 3 aromatic carbocycles. The zero-order valence-corrected chi connectivity index (χ0v) is 39.0. The van der Waals surface area contributed by atoms with E-state index >= 15 is 0 Å². The Morgan fingerprint density at radius 1 is 0.909 bits per heavy atom. The highest BCUT2D eigenvalue weighted by atomic mass is 35.5. The third kappa shape index (κ3) is 9.79. The lowest BCUT2D eigenvalue weighted by Gasteiger charge is -2.43. The van der Waals surface area contributed by atoms with Gasteiger partial charge in [-0.3, -0.25) is 39.1 Å². The largest absolute Gasteiger partial charge is 0.496 e. The molecule has 66 heavy (non-hydrogen) atoms. The maximum Gasteiger partial charge on any atom is 0.264 e. The van der Waals surface area contributed by atoms with E-state index in [0.29, 0.717) is 72.7 Å². The topological polar surface area (TPSA) is 192 Å². The Bertz CT molecular complexity index is 2650. The van der Waals surface area contributed by atoms with Gasteiger partial charge >= 0.3 is 0 Å². The van der Waals surface area contributed by atoms with Crippen LogP contribution in [0.1, 0.15) is 95.7 Å². The molecule has 4 aliphatic heterocycles. The van der Waals surface area contributed by atoms with E-state index in [4.69, 9.17) is 21.3 Å². The first-order chi connectivity index (χ1) is 31.7. The van der Waals surface area contributed by atoms with Crippen molar-refractivity contribution in [2.24, 2.45) is 0 Å². The van der Waals surface area contributed by atoms with Crippen molar-refractivity contribution in [3.8, 4) is 5.75 Å². The van der Waals surface area contributed by atoms with Crippen LogP contribution < -0.4 is 20.3 Å². The molecular formula is C48H55ClN8O8S. The Morgan fingerprint density at radius 2 is 1.67 bits per heavy atom. The first-order valence-corrected chi connectivity index (χ1v) is 24.5. The van der Waals surface area contributed by atoms with Gasteiger partial charge in [-0.2, -0.15) is 0 Å². The molecule has 16 nitrogen and oxygen atoms in total. The highest BCUT2D eigenvalue weighted by Gasteiger charge is 2.45. The summed E-state index contributed by atoms with van der Waals surface area (Å²) in [7, 11) is -1.85. The average molecular weight is 940 g/mol. The van der Waals surface area contributed by atoms with Crippen molar-refractivity contribution in [1.29, 1.82) is 0 Å². The number of ether oxygens (including phenoxy) is 1. The number of piperidine rings is 2. The van der Waals surface area contributed by atoms with Gasteiger partial charge in [0, 0.05) is 107 Å². The fourth-order valence-electron chi connectivity index (χ4n) is 9.37. The van der Waals surface area contributed by atoms with Gasteiger partial charge in [0.15, 0.2) is 9.84 Å². The first-order valence-electron chi connectivity index (χ1n) is 22.6. The molecule has 4 aliphatic rings. The number of benzene rings is 3. The Labute approximate surface area is 389 Å². The van der Waals surface area contributed by atoms with Crippen LogP contribution >= 0.6 is 11.6 Å². The van der Waals surface area contributed by atoms with Crippen molar-refractivity contribution in [1.82, 2.24) is 30.0 Å². The standard InChI is InChI=1S/C48H55ClN8O8S/c1-30(2)66(63,64)41-11-5-4-8-32(41)26-38-36(49)29-51-42(52-38)27-31-13-14-34(28-40(31)65-3)54-20-17-33(18-21-54)55-22-24-56(25-23-55)44(59)12-7-19-50-37-10-6-9-35-45(37)48(62)57(47(35)61)39-15-16-43(58)53-46(39)60/h4-6,8-11,13-14,28-30,33,39,50H,7,12,15-27H2,1-3H3,(H,53,58,60). The highest BCUT2D eigenvalue weighted by molar-refractivity contribution is 7.92. The van der Waals surface area contributed by atoms with Gasteiger partial charge < -0.3 is 19.9 Å². The van der Waals surface area contributed by atoms with Crippen molar-refractivity contribution >= 4 is 62.3 Å². The molecule has 348 valence electrons. The van der Waals surface area contributed by atoms with Gasteiger partial charge in [0.25, 0.3) is 11.8 Å². The molecule has 2 N–H and O–H groups in total. The summed E-state index contributed by atoms with van der Waals surface area (Å²) in [6, 6.07) is 17.5. The Morgan fingerprint density at radius 3 is 2.39 bits per heavy atom. The first kappa shape index (κ1) is 46.6. The zero-order valence-electron chi connectivity index (χ0n) is 37.4. The number of carbonyl (C=O) groups is 5. The number of hydrogen-bond acceptors (Lipinski definition) is 13. The monoisotopic (exact) mass is 938 g/mol. The molecule has 1 aromatic heterocycles. The van der Waals surface area contributed by atoms with Gasteiger partial charge in [-0.1, -0.05) is 41.9 Å². The van der Waals surface area contributed by atoms with Crippen molar-refractivity contribution in [2.75, 3.05) is 63.1 Å². The molecule has 0 radical (unpaired) electrons. The second-order valence-electron chi connectivity index (χ2n) is 17.5. The third-order valence-corrected chi connectivity index (χ3v) is 15.7. The van der Waals surface area contributed by atoms with Gasteiger partial charge in [-0.15, -0.1) is 0 Å². The normalized spacial score (nSPS) is 18.5. The van der Waals surface area contributed by atoms with Crippen LogP contribution in [-0.2, 0) is 37.1 Å². The van der Waals surface area contributed by atoms with Crippen molar-refractivity contribution in [3.05, 3.63) is 106 Å². The summed E-state index contributed by atoms with van der Waals surface area (Å²) in [5.74, 6) is -0.838. The van der Waals surface area contributed by atoms with Gasteiger partial charge in [0.2, 0.25) is 17.7 Å². The summed E-state index contributed by atoms with van der Waals surface area (Å²) < 4.78 is 32.0. The lowest BCUT2D eigenvalue weighted by molar-refractivity contribution is -0.136. The van der Waals surface area contributed by atoms with Crippen LogP contribution in [0.25, 0.3) is 0 Å². The SMILES string of the molecule is COc1cc(N2CCC(N3CCN(C(=O)CCCNc4cccc5c4C(=O)N(C4CCC(=O)NC4=O)C5=O)CC3)CC2)ccc1Cc1ncc(Cl)c(Cc2ccccc2S(=O)(=O)C(C)C)n1. The molecule has 0 saturated carbocycles. The number of piperazine rings is 1. The number of methoxy groups -OCH3 is 1. The summed E-state index contributed by atoms with van der Waals surface area (Å²) in [6.45, 7) is 8.47. The van der Waals surface area contributed by atoms with Crippen molar-refractivity contribution < 1.29 is 37.1 Å². The van der Waals surface area contributed by atoms with Crippen LogP contribution in [0.5, 0.6) is 5.75 Å². The van der Waals surface area contributed by atoms with E-state index in [9.17, 15) is 32.4 Å². The number of amides is 5. The van der Waals surface area contributed by atoms with Gasteiger partial charge in [-0.25, -0.2) is 18.4 Å². The fraction of sp³-hybridized carbons (Fsp3) is 0.438. The lowest BCUT2D eigenvalue weighted by atomic mass is 10.0. The van der Waals surface area contributed by atoms with E-state index in [2.05, 4.69) is 37.6 Å². The van der Waals surface area contributed by atoms with E-state index in [1.54, 1.807) is 63.6 Å². The molecule has 4 aromatic rings. The molecule has 3 fully saturated rings. The zero-order chi connectivity index (χ0) is 46.7. The number of hydrogen-bond donors (Lipinski definition) is 2. The Hall–Kier alpha value is -5.91. The summed E-state index contributed by atoms with van der Waals surface area (Å²) in [5, 5.41) is 5.26. The van der Waals surface area contributed by atoms with Crippen molar-refractivity contribution in [2.45, 2.75) is 87.4 Å². The van der Waals surface area contributed by atoms with Crippen LogP contribution in [0.3, 0.4) is 0 Å². The molecular weight excluding hydrogens is 884 g/mol. The van der Waals surface area contributed by atoms with E-state index in [0.717, 1.165) is 60.9 Å². The summed E-state index contributed by atoms with van der Waals surface area (Å²) in [6.07, 6.45) is 5.23. The molecule has 5 heterocycles. The van der Waals surface area contributed by atoms with Crippen LogP contribution in [0.4, 0.5) is 11.4 Å². The molecule has 0 aliphatic carbocycles. The van der Waals surface area contributed by atoms with Gasteiger partial charge in [0.05, 0.1) is 39.1 Å². The smallest absolute Gasteiger partial charge is 0.264 e. The number of halogens is 1. The molecule has 0 spiro atoms. The Balaban J connectivity index is 0.788. The summed E-state index contributed by atoms with van der Waals surface area (Å²) >= 11 is 6.55. The molecule has 18 heteroatoms. The highest BCUT2D eigenvalue weighted by Crippen LogP contribution is 2.34. The number of rotatable bonds is 15. The molecule has 1 unspecified atom stereocenters. The lowest BCUT2D eigenvalue weighted by Crippen LogP contribution is -2.54. The number of nitrogens with zero attached hydrogens (tertiary/aromatic N) is 6. The van der Waals surface area contributed by atoms with Gasteiger partial charge in [-0.05, 0) is 69.4 Å². The number of sulfone groups is 1. The molecule has 1 atom stereocenters. The van der Waals surface area contributed by atoms with E-state index in [1.807, 2.05) is 17.0 Å². The quantitative estimate of drug-likeness (QED) is 0.121. The molecule has 3 saturated heterocycles. The number of fused-ring (bicyclic) bond motifs is 1. The second kappa shape index (κ2) is 19.9. The predicted octanol–water partition coefficient (Wildman–Crippen LogP) is 4.91. The molecule has 0 bridgehead atoms. The van der Waals surface area contributed by atoms with Crippen LogP contribution in [0.2, 0.25) is 5.02 Å². The average Bonchev–Trinajstić information content (AvgIpc) is 3.57. The summed E-state index contributed by atoms with van der Waals surface area (Å²) in [4.78, 5) is 81.3. The maximum atomic E-state index is 13.4. The maximum absolute atomic E-state index is 13.4. The minimum atomic E-state index is -3.50. The molecule has 8 rings (SSSR count). The number of aromatic nitrogens is 2. The van der Waals surface area contributed by atoms with E-state index in [-0.39, 0.29) is 41.2 Å².